The summed E-state index contributed by atoms with van der Waals surface area (Å²) in [6.07, 6.45) is 73.4. The second kappa shape index (κ2) is 60.2. The molecule has 0 aromatic carbocycles. The average Bonchev–Trinajstić information content (AvgIpc) is 3.37. The molecule has 0 aliphatic carbocycles. The molecule has 0 aromatic heterocycles. The maximum Gasteiger partial charge on any atom is 0.306 e. The minimum atomic E-state index is -0.771. The third-order valence-corrected chi connectivity index (χ3v) is 14.1. The van der Waals surface area contributed by atoms with Gasteiger partial charge in [0.2, 0.25) is 0 Å². The Morgan fingerprint density at radius 2 is 0.507 bits per heavy atom. The predicted molar refractivity (Wildman–Crippen MR) is 307 cm³/mol. The lowest BCUT2D eigenvalue weighted by Crippen LogP contribution is -2.30. The number of hydrogen-bond donors (Lipinski definition) is 0. The second-order valence-electron chi connectivity index (χ2n) is 21.3. The van der Waals surface area contributed by atoms with Crippen molar-refractivity contribution in [3.63, 3.8) is 0 Å². The minimum absolute atomic E-state index is 0.0718. The van der Waals surface area contributed by atoms with Crippen LogP contribution >= 0.6 is 0 Å². The van der Waals surface area contributed by atoms with Gasteiger partial charge in [0.25, 0.3) is 0 Å². The van der Waals surface area contributed by atoms with E-state index in [0.29, 0.717) is 19.3 Å². The molecule has 0 radical (unpaired) electrons. The summed E-state index contributed by atoms with van der Waals surface area (Å²) in [5.41, 5.74) is 0. The highest BCUT2D eigenvalue weighted by Gasteiger charge is 2.19. The topological polar surface area (TPSA) is 78.9 Å². The van der Waals surface area contributed by atoms with Crippen LogP contribution in [-0.2, 0) is 28.6 Å². The van der Waals surface area contributed by atoms with Crippen LogP contribution in [0.4, 0.5) is 0 Å². The van der Waals surface area contributed by atoms with Crippen molar-refractivity contribution in [2.24, 2.45) is 0 Å². The van der Waals surface area contributed by atoms with Gasteiger partial charge in [-0.05, 0) is 77.0 Å². The van der Waals surface area contributed by atoms with Gasteiger partial charge >= 0.3 is 17.9 Å². The number of unbranched alkanes of at least 4 members (excludes halogenated alkanes) is 41. The minimum Gasteiger partial charge on any atom is -0.462 e. The molecular formula is C65H120O6. The molecule has 1 atom stereocenters. The maximum absolute atomic E-state index is 12.8. The molecular weight excluding hydrogens is 877 g/mol. The van der Waals surface area contributed by atoms with Crippen molar-refractivity contribution in [3.8, 4) is 0 Å². The molecule has 71 heavy (non-hydrogen) atoms. The molecule has 0 spiro atoms. The predicted octanol–water partition coefficient (Wildman–Crippen LogP) is 21.2. The highest BCUT2D eigenvalue weighted by molar-refractivity contribution is 5.71. The fourth-order valence-corrected chi connectivity index (χ4v) is 9.35. The summed E-state index contributed by atoms with van der Waals surface area (Å²) in [7, 11) is 0. The zero-order chi connectivity index (χ0) is 51.4. The van der Waals surface area contributed by atoms with Crippen LogP contribution in [0.25, 0.3) is 0 Å². The molecule has 0 heterocycles. The lowest BCUT2D eigenvalue weighted by molar-refractivity contribution is -0.167. The molecule has 0 aliphatic rings. The van der Waals surface area contributed by atoms with Crippen LogP contribution in [0.1, 0.15) is 342 Å². The first-order valence-electron chi connectivity index (χ1n) is 31.5. The van der Waals surface area contributed by atoms with E-state index < -0.39 is 6.10 Å². The quantitative estimate of drug-likeness (QED) is 0.0261. The van der Waals surface area contributed by atoms with Gasteiger partial charge in [0.1, 0.15) is 13.2 Å². The fraction of sp³-hybridized carbons (Fsp3) is 0.862. The van der Waals surface area contributed by atoms with Gasteiger partial charge in [0.05, 0.1) is 0 Å². The fourth-order valence-electron chi connectivity index (χ4n) is 9.35. The number of carbonyl (C=O) groups is 3. The Labute approximate surface area is 442 Å². The summed E-state index contributed by atoms with van der Waals surface area (Å²) >= 11 is 0. The molecule has 0 saturated heterocycles. The summed E-state index contributed by atoms with van der Waals surface area (Å²) in [5, 5.41) is 0. The Balaban J connectivity index is 4.01. The molecule has 0 amide bonds. The van der Waals surface area contributed by atoms with Crippen molar-refractivity contribution >= 4 is 17.9 Å². The highest BCUT2D eigenvalue weighted by atomic mass is 16.6. The normalized spacial score (nSPS) is 12.2. The van der Waals surface area contributed by atoms with Gasteiger partial charge in [0, 0.05) is 19.3 Å². The first-order chi connectivity index (χ1) is 35.0. The molecule has 0 bridgehead atoms. The first-order valence-corrected chi connectivity index (χ1v) is 31.5. The maximum atomic E-state index is 12.8. The Bertz CT molecular complexity index is 1190. The van der Waals surface area contributed by atoms with Crippen LogP contribution in [0.2, 0.25) is 0 Å². The first kappa shape index (κ1) is 68.6. The molecule has 0 rings (SSSR count). The van der Waals surface area contributed by atoms with E-state index in [9.17, 15) is 14.4 Å². The molecule has 416 valence electrons. The van der Waals surface area contributed by atoms with Gasteiger partial charge in [-0.2, -0.15) is 0 Å². The zero-order valence-corrected chi connectivity index (χ0v) is 47.8. The van der Waals surface area contributed by atoms with Crippen molar-refractivity contribution in [3.05, 3.63) is 36.5 Å². The number of allylic oxidation sites excluding steroid dienone is 6. The van der Waals surface area contributed by atoms with Crippen LogP contribution in [0.15, 0.2) is 36.5 Å². The van der Waals surface area contributed by atoms with Crippen molar-refractivity contribution in [1.82, 2.24) is 0 Å². The third-order valence-electron chi connectivity index (χ3n) is 14.1. The number of rotatable bonds is 58. The van der Waals surface area contributed by atoms with Gasteiger partial charge in [-0.3, -0.25) is 14.4 Å². The van der Waals surface area contributed by atoms with Crippen molar-refractivity contribution in [1.29, 1.82) is 0 Å². The van der Waals surface area contributed by atoms with Gasteiger partial charge in [0.15, 0.2) is 6.10 Å². The van der Waals surface area contributed by atoms with Crippen molar-refractivity contribution in [2.75, 3.05) is 13.2 Å². The highest BCUT2D eigenvalue weighted by Crippen LogP contribution is 2.17. The number of ether oxygens (including phenoxy) is 3. The Morgan fingerprint density at radius 3 is 0.803 bits per heavy atom. The monoisotopic (exact) mass is 997 g/mol. The summed E-state index contributed by atoms with van der Waals surface area (Å²) in [5.74, 6) is -0.872. The summed E-state index contributed by atoms with van der Waals surface area (Å²) in [6, 6.07) is 0. The van der Waals surface area contributed by atoms with E-state index in [1.54, 1.807) is 0 Å². The lowest BCUT2D eigenvalue weighted by Gasteiger charge is -2.18. The smallest absolute Gasteiger partial charge is 0.306 e. The van der Waals surface area contributed by atoms with Crippen LogP contribution in [0.5, 0.6) is 0 Å². The zero-order valence-electron chi connectivity index (χ0n) is 47.8. The molecule has 6 heteroatoms. The van der Waals surface area contributed by atoms with Crippen LogP contribution in [0.3, 0.4) is 0 Å². The van der Waals surface area contributed by atoms with Crippen molar-refractivity contribution < 1.29 is 28.6 Å². The van der Waals surface area contributed by atoms with Gasteiger partial charge in [-0.15, -0.1) is 0 Å². The second-order valence-corrected chi connectivity index (χ2v) is 21.3. The molecule has 0 fully saturated rings. The van der Waals surface area contributed by atoms with E-state index in [2.05, 4.69) is 57.2 Å². The van der Waals surface area contributed by atoms with Gasteiger partial charge < -0.3 is 14.2 Å². The SMILES string of the molecule is CCCCCC/C=C\C/C=C\CCCCCCCCCC(=O)OC(COC(=O)CCCCCCCC)COC(=O)CCCCCCCCCCCCCCCCCCC/C=C\CCCCCCCCCC. The van der Waals surface area contributed by atoms with E-state index in [1.165, 1.54) is 231 Å². The van der Waals surface area contributed by atoms with Gasteiger partial charge in [-0.25, -0.2) is 0 Å². The Hall–Kier alpha value is -2.37. The number of hydrogen-bond acceptors (Lipinski definition) is 6. The standard InChI is InChI=1S/C65H120O6/c1-4-7-10-13-16-18-20-22-24-26-28-29-30-31-32-33-34-35-36-37-38-40-41-43-45-47-49-52-55-58-64(67)70-61-62(60-69-63(66)57-54-51-15-12-9-6-3)71-65(68)59-56-53-50-48-46-44-42-39-27-25-23-21-19-17-14-11-8-5-2/h19,21,25-28,62H,4-18,20,22-24,29-61H2,1-3H3/b21-19-,27-25-,28-26-. The molecule has 6 nitrogen and oxygen atoms in total. The lowest BCUT2D eigenvalue weighted by atomic mass is 10.0. The molecule has 0 saturated carbocycles. The van der Waals surface area contributed by atoms with E-state index in [-0.39, 0.29) is 31.1 Å². The largest absolute Gasteiger partial charge is 0.462 e. The molecule has 0 aromatic rings. The van der Waals surface area contributed by atoms with E-state index in [0.717, 1.165) is 70.6 Å². The van der Waals surface area contributed by atoms with Crippen LogP contribution in [0, 0.1) is 0 Å². The molecule has 0 aliphatic heterocycles. The Morgan fingerprint density at radius 1 is 0.282 bits per heavy atom. The van der Waals surface area contributed by atoms with E-state index in [1.807, 2.05) is 0 Å². The third kappa shape index (κ3) is 58.4. The summed E-state index contributed by atoms with van der Waals surface area (Å²) < 4.78 is 16.8. The summed E-state index contributed by atoms with van der Waals surface area (Å²) in [4.78, 5) is 37.9. The average molecular weight is 998 g/mol. The van der Waals surface area contributed by atoms with Crippen LogP contribution in [-0.4, -0.2) is 37.2 Å². The van der Waals surface area contributed by atoms with E-state index >= 15 is 0 Å². The molecule has 0 N–H and O–H groups in total. The van der Waals surface area contributed by atoms with Crippen molar-refractivity contribution in [2.45, 2.75) is 348 Å². The Kier molecular flexibility index (Phi) is 58.2. The number of esters is 3. The number of carbonyl (C=O) groups excluding carboxylic acids is 3. The van der Waals surface area contributed by atoms with Gasteiger partial charge in [-0.1, -0.05) is 282 Å². The molecule has 1 unspecified atom stereocenters. The van der Waals surface area contributed by atoms with Crippen LogP contribution < -0.4 is 0 Å². The van der Waals surface area contributed by atoms with E-state index in [4.69, 9.17) is 14.2 Å². The summed E-state index contributed by atoms with van der Waals surface area (Å²) in [6.45, 7) is 6.60.